The number of aryl methyl sites for hydroxylation is 1. The van der Waals surface area contributed by atoms with Crippen LogP contribution in [0.5, 0.6) is 0 Å². The predicted molar refractivity (Wildman–Crippen MR) is 58.7 cm³/mol. The van der Waals surface area contributed by atoms with Gasteiger partial charge in [-0.25, -0.2) is 4.39 Å². The van der Waals surface area contributed by atoms with Gasteiger partial charge in [0.05, 0.1) is 6.54 Å². The van der Waals surface area contributed by atoms with Crippen LogP contribution in [0.25, 0.3) is 0 Å². The lowest BCUT2D eigenvalue weighted by molar-refractivity contribution is -0.137. The molecule has 1 aromatic rings. The molecule has 0 heterocycles. The third-order valence-electron chi connectivity index (χ3n) is 2.13. The van der Waals surface area contributed by atoms with Crippen molar-refractivity contribution in [3.05, 3.63) is 29.6 Å². The summed E-state index contributed by atoms with van der Waals surface area (Å²) < 4.78 is 48.3. The molecule has 100 valence electrons. The van der Waals surface area contributed by atoms with Crippen LogP contribution in [0.1, 0.15) is 5.56 Å². The number of halogens is 4. The van der Waals surface area contributed by atoms with Crippen LogP contribution in [0, 0.1) is 12.7 Å². The van der Waals surface area contributed by atoms with Gasteiger partial charge in [0.25, 0.3) is 0 Å². The molecule has 1 amide bonds. The van der Waals surface area contributed by atoms with E-state index in [0.717, 1.165) is 0 Å². The fourth-order valence-corrected chi connectivity index (χ4v) is 1.22. The Hall–Kier alpha value is -1.79. The van der Waals surface area contributed by atoms with E-state index in [4.69, 9.17) is 0 Å². The fraction of sp³-hybridized carbons (Fsp3) is 0.364. The number of carbonyl (C=O) groups is 1. The van der Waals surface area contributed by atoms with Gasteiger partial charge in [-0.1, -0.05) is 6.07 Å². The molecule has 0 aromatic heterocycles. The Bertz CT molecular complexity index is 432. The molecule has 0 bridgehead atoms. The van der Waals surface area contributed by atoms with Crippen LogP contribution in [0.3, 0.4) is 0 Å². The molecule has 0 radical (unpaired) electrons. The molecule has 0 atom stereocenters. The lowest BCUT2D eigenvalue weighted by Gasteiger charge is -2.11. The highest BCUT2D eigenvalue weighted by Gasteiger charge is 2.27. The maximum atomic E-state index is 12.9. The molecule has 0 fully saturated rings. The van der Waals surface area contributed by atoms with Crippen molar-refractivity contribution in [1.29, 1.82) is 0 Å². The van der Waals surface area contributed by atoms with Crippen LogP contribution < -0.4 is 10.6 Å². The molecule has 0 aliphatic heterocycles. The van der Waals surface area contributed by atoms with E-state index in [9.17, 15) is 22.4 Å². The van der Waals surface area contributed by atoms with Crippen molar-refractivity contribution in [2.45, 2.75) is 13.1 Å². The highest BCUT2D eigenvalue weighted by atomic mass is 19.4. The Morgan fingerprint density at radius 1 is 1.33 bits per heavy atom. The van der Waals surface area contributed by atoms with Gasteiger partial charge in [-0.3, -0.25) is 4.79 Å². The maximum Gasteiger partial charge on any atom is 0.405 e. The Morgan fingerprint density at radius 3 is 2.61 bits per heavy atom. The topological polar surface area (TPSA) is 41.1 Å². The van der Waals surface area contributed by atoms with Gasteiger partial charge in [-0.05, 0) is 24.6 Å². The average molecular weight is 264 g/mol. The second-order valence-electron chi connectivity index (χ2n) is 3.70. The van der Waals surface area contributed by atoms with E-state index in [1.54, 1.807) is 12.2 Å². The van der Waals surface area contributed by atoms with Gasteiger partial charge in [0.2, 0.25) is 5.91 Å². The van der Waals surface area contributed by atoms with Gasteiger partial charge >= 0.3 is 6.18 Å². The highest BCUT2D eigenvalue weighted by molar-refractivity contribution is 5.80. The van der Waals surface area contributed by atoms with Crippen molar-refractivity contribution in [3.63, 3.8) is 0 Å². The van der Waals surface area contributed by atoms with Crippen molar-refractivity contribution in [3.8, 4) is 0 Å². The quantitative estimate of drug-likeness (QED) is 0.819. The molecular weight excluding hydrogens is 252 g/mol. The Kier molecular flexibility index (Phi) is 4.52. The summed E-state index contributed by atoms with van der Waals surface area (Å²) in [4.78, 5) is 11.1. The molecule has 0 unspecified atom stereocenters. The summed E-state index contributed by atoms with van der Waals surface area (Å²) in [5.74, 6) is -1.30. The number of anilines is 1. The smallest absolute Gasteiger partial charge is 0.376 e. The second kappa shape index (κ2) is 5.70. The van der Waals surface area contributed by atoms with E-state index in [0.29, 0.717) is 11.3 Å². The fourth-order valence-electron chi connectivity index (χ4n) is 1.22. The molecule has 2 N–H and O–H groups in total. The third-order valence-corrected chi connectivity index (χ3v) is 2.13. The van der Waals surface area contributed by atoms with Gasteiger partial charge in [0.1, 0.15) is 12.4 Å². The zero-order chi connectivity index (χ0) is 13.8. The first-order chi connectivity index (χ1) is 8.28. The number of alkyl halides is 3. The molecule has 0 saturated heterocycles. The zero-order valence-electron chi connectivity index (χ0n) is 9.57. The molecule has 3 nitrogen and oxygen atoms in total. The Balaban J connectivity index is 2.45. The summed E-state index contributed by atoms with van der Waals surface area (Å²) in [6.45, 7) is -0.0363. The Labute approximate surface area is 101 Å². The second-order valence-corrected chi connectivity index (χ2v) is 3.70. The van der Waals surface area contributed by atoms with Crippen molar-refractivity contribution < 1.29 is 22.4 Å². The largest absolute Gasteiger partial charge is 0.405 e. The van der Waals surface area contributed by atoms with Crippen LogP contribution in [0.4, 0.5) is 23.2 Å². The molecule has 7 heteroatoms. The SMILES string of the molecule is Cc1ccc(F)cc1NCC(=O)NCC(F)(F)F. The van der Waals surface area contributed by atoms with Crippen LogP contribution in [0.2, 0.25) is 0 Å². The lowest BCUT2D eigenvalue weighted by atomic mass is 10.2. The van der Waals surface area contributed by atoms with Crippen LogP contribution in [-0.4, -0.2) is 25.2 Å². The van der Waals surface area contributed by atoms with E-state index in [1.165, 1.54) is 18.2 Å². The summed E-state index contributed by atoms with van der Waals surface area (Å²) in [5, 5.41) is 4.28. The third kappa shape index (κ3) is 5.03. The number of benzene rings is 1. The molecule has 0 aliphatic rings. The minimum Gasteiger partial charge on any atom is -0.376 e. The summed E-state index contributed by atoms with van der Waals surface area (Å²) in [6, 6.07) is 3.93. The van der Waals surface area contributed by atoms with E-state index in [-0.39, 0.29) is 6.54 Å². The number of rotatable bonds is 4. The van der Waals surface area contributed by atoms with E-state index < -0.39 is 24.4 Å². The van der Waals surface area contributed by atoms with Crippen LogP contribution in [0.15, 0.2) is 18.2 Å². The number of carbonyl (C=O) groups excluding carboxylic acids is 1. The number of amides is 1. The predicted octanol–water partition coefficient (Wildman–Crippen LogP) is 2.22. The summed E-state index contributed by atoms with van der Waals surface area (Å²) in [6.07, 6.45) is -4.44. The summed E-state index contributed by atoms with van der Waals surface area (Å²) >= 11 is 0. The normalized spacial score (nSPS) is 11.2. The summed E-state index contributed by atoms with van der Waals surface area (Å²) in [7, 11) is 0. The first-order valence-electron chi connectivity index (χ1n) is 5.11. The van der Waals surface area contributed by atoms with Crippen molar-refractivity contribution in [2.75, 3.05) is 18.4 Å². The van der Waals surface area contributed by atoms with Gasteiger partial charge in [-0.15, -0.1) is 0 Å². The maximum absolute atomic E-state index is 12.9. The molecule has 18 heavy (non-hydrogen) atoms. The van der Waals surface area contributed by atoms with Gasteiger partial charge < -0.3 is 10.6 Å². The number of nitrogens with one attached hydrogen (secondary N) is 2. The molecular formula is C11H12F4N2O. The first-order valence-corrected chi connectivity index (χ1v) is 5.11. The van der Waals surface area contributed by atoms with Crippen molar-refractivity contribution in [2.24, 2.45) is 0 Å². The van der Waals surface area contributed by atoms with E-state index in [2.05, 4.69) is 5.32 Å². The van der Waals surface area contributed by atoms with Gasteiger partial charge in [0, 0.05) is 5.69 Å². The van der Waals surface area contributed by atoms with Crippen LogP contribution in [-0.2, 0) is 4.79 Å². The van der Waals surface area contributed by atoms with Crippen molar-refractivity contribution in [1.82, 2.24) is 5.32 Å². The first kappa shape index (κ1) is 14.3. The minimum atomic E-state index is -4.44. The molecule has 0 saturated carbocycles. The van der Waals surface area contributed by atoms with Gasteiger partial charge in [0.15, 0.2) is 0 Å². The zero-order valence-corrected chi connectivity index (χ0v) is 9.57. The minimum absolute atomic E-state index is 0.347. The molecule has 0 aliphatic carbocycles. The molecule has 1 aromatic carbocycles. The van der Waals surface area contributed by atoms with Crippen molar-refractivity contribution >= 4 is 11.6 Å². The Morgan fingerprint density at radius 2 is 2.00 bits per heavy atom. The highest BCUT2D eigenvalue weighted by Crippen LogP contribution is 2.15. The number of hydrogen-bond acceptors (Lipinski definition) is 2. The van der Waals surface area contributed by atoms with E-state index in [1.807, 2.05) is 0 Å². The van der Waals surface area contributed by atoms with Gasteiger partial charge in [-0.2, -0.15) is 13.2 Å². The lowest BCUT2D eigenvalue weighted by Crippen LogP contribution is -2.37. The molecule has 0 spiro atoms. The van der Waals surface area contributed by atoms with Crippen LogP contribution >= 0.6 is 0 Å². The molecule has 1 rings (SSSR count). The average Bonchev–Trinajstić information content (AvgIpc) is 2.26. The standard InChI is InChI=1S/C11H12F4N2O/c1-7-2-3-8(12)4-9(7)16-5-10(18)17-6-11(13,14)15/h2-4,16H,5-6H2,1H3,(H,17,18). The number of hydrogen-bond donors (Lipinski definition) is 2. The summed E-state index contributed by atoms with van der Waals surface area (Å²) in [5.41, 5.74) is 1.07. The monoisotopic (exact) mass is 264 g/mol. The van der Waals surface area contributed by atoms with E-state index >= 15 is 0 Å².